The van der Waals surface area contributed by atoms with Gasteiger partial charge in [0.15, 0.2) is 0 Å². The molecule has 0 unspecified atom stereocenters. The van der Waals surface area contributed by atoms with Crippen molar-refractivity contribution in [2.24, 2.45) is 0 Å². The van der Waals surface area contributed by atoms with Crippen molar-refractivity contribution in [2.45, 2.75) is 13.8 Å². The molecule has 0 rings (SSSR count). The van der Waals surface area contributed by atoms with Crippen LogP contribution in [0.25, 0.3) is 0 Å². The van der Waals surface area contributed by atoms with E-state index < -0.39 is 11.9 Å². The Morgan fingerprint density at radius 2 is 0.833 bits per heavy atom. The molecule has 6 heteroatoms. The summed E-state index contributed by atoms with van der Waals surface area (Å²) in [4.78, 5) is 17.8. The Balaban J connectivity index is -0.000000233. The van der Waals surface area contributed by atoms with E-state index in [1.165, 1.54) is 13.1 Å². The van der Waals surface area contributed by atoms with Gasteiger partial charge in [0.2, 0.25) is 0 Å². The van der Waals surface area contributed by atoms with Crippen molar-refractivity contribution < 1.29 is 28.8 Å². The van der Waals surface area contributed by atoms with Gasteiger partial charge in [-0.25, -0.2) is 0 Å². The topological polar surface area (TPSA) is 80.3 Å². The van der Waals surface area contributed by atoms with Crippen molar-refractivity contribution in [2.75, 3.05) is 55.4 Å². The molecular weight excluding hydrogens is 236 g/mol. The van der Waals surface area contributed by atoms with Crippen molar-refractivity contribution in [3.05, 3.63) is 0 Å². The molecule has 18 heavy (non-hydrogen) atoms. The molecule has 0 atom stereocenters. The highest BCUT2D eigenvalue weighted by atomic mass is 16.4. The van der Waals surface area contributed by atoms with Gasteiger partial charge in [0.1, 0.15) is 13.1 Å². The number of nitrogens with zero attached hydrogens (tertiary/aromatic N) is 2. The minimum Gasteiger partial charge on any atom is -0.550 e. The summed E-state index contributed by atoms with van der Waals surface area (Å²) in [5.74, 6) is -2.17. The van der Waals surface area contributed by atoms with Crippen LogP contribution in [0.4, 0.5) is 0 Å². The van der Waals surface area contributed by atoms with Crippen LogP contribution in [0, 0.1) is 0 Å². The molecule has 0 aromatic heterocycles. The van der Waals surface area contributed by atoms with Crippen LogP contribution in [0.1, 0.15) is 13.8 Å². The first-order valence-electron chi connectivity index (χ1n) is 5.63. The number of carboxylic acids is 2. The maximum absolute atomic E-state index is 8.89. The number of carboxylic acid groups (broad SMARTS) is 2. The molecule has 0 aliphatic rings. The summed E-state index contributed by atoms with van der Waals surface area (Å²) in [7, 11) is 13.4. The van der Waals surface area contributed by atoms with Gasteiger partial charge in [0.05, 0.1) is 42.3 Å². The second-order valence-electron chi connectivity index (χ2n) is 6.01. The Hall–Kier alpha value is -1.14. The van der Waals surface area contributed by atoms with Gasteiger partial charge in [-0.2, -0.15) is 0 Å². The molecule has 0 aliphatic heterocycles. The van der Waals surface area contributed by atoms with Gasteiger partial charge in [-0.15, -0.1) is 0 Å². The smallest absolute Gasteiger partial charge is 0.128 e. The van der Waals surface area contributed by atoms with Crippen LogP contribution >= 0.6 is 0 Å². The van der Waals surface area contributed by atoms with Crippen molar-refractivity contribution in [1.82, 2.24) is 0 Å². The van der Waals surface area contributed by atoms with E-state index in [0.717, 1.165) is 22.8 Å². The lowest BCUT2D eigenvalue weighted by Crippen LogP contribution is -2.46. The maximum atomic E-state index is 8.89. The fourth-order valence-electron chi connectivity index (χ4n) is 0.600. The van der Waals surface area contributed by atoms with Gasteiger partial charge < -0.3 is 28.8 Å². The van der Waals surface area contributed by atoms with E-state index in [9.17, 15) is 0 Å². The van der Waals surface area contributed by atoms with Gasteiger partial charge in [-0.3, -0.25) is 0 Å². The Bertz CT molecular complexity index is 205. The number of rotatable bonds is 3. The zero-order valence-corrected chi connectivity index (χ0v) is 12.9. The number of carbonyl (C=O) groups excluding carboxylic acids is 2. The Morgan fingerprint density at radius 1 is 0.722 bits per heavy atom. The second-order valence-corrected chi connectivity index (χ2v) is 6.01. The molecule has 0 saturated heterocycles. The van der Waals surface area contributed by atoms with E-state index in [1.54, 1.807) is 0 Å². The van der Waals surface area contributed by atoms with Gasteiger partial charge in [0.25, 0.3) is 0 Å². The van der Waals surface area contributed by atoms with E-state index in [1.807, 2.05) is 0 Å². The SMILES string of the molecule is CC(=O)[O-].CC(=O)[O-].C[N+](C)(C)CC[N+](C)(C)C. The van der Waals surface area contributed by atoms with Crippen LogP contribution in [0.3, 0.4) is 0 Å². The summed E-state index contributed by atoms with van der Waals surface area (Å²) in [6.45, 7) is 4.42. The van der Waals surface area contributed by atoms with E-state index >= 15 is 0 Å². The highest BCUT2D eigenvalue weighted by Gasteiger charge is 2.13. The molecule has 0 saturated carbocycles. The second kappa shape index (κ2) is 9.85. The number of carbonyl (C=O) groups is 2. The number of aliphatic carboxylic acids is 2. The summed E-state index contributed by atoms with van der Waals surface area (Å²) in [5.41, 5.74) is 0. The third kappa shape index (κ3) is 83.1. The minimum atomic E-state index is -1.08. The van der Waals surface area contributed by atoms with Crippen LogP contribution in [0.15, 0.2) is 0 Å². The normalized spacial score (nSPS) is 10.4. The molecule has 6 nitrogen and oxygen atoms in total. The summed E-state index contributed by atoms with van der Waals surface area (Å²) < 4.78 is 2.13. The van der Waals surface area contributed by atoms with Crippen LogP contribution < -0.4 is 10.2 Å². The van der Waals surface area contributed by atoms with Gasteiger partial charge >= 0.3 is 0 Å². The first-order valence-corrected chi connectivity index (χ1v) is 5.63. The molecule has 0 aromatic rings. The van der Waals surface area contributed by atoms with E-state index in [2.05, 4.69) is 42.3 Å². The minimum absolute atomic E-state index is 0.972. The lowest BCUT2D eigenvalue weighted by atomic mass is 10.4. The average molecular weight is 264 g/mol. The number of hydrogen-bond donors (Lipinski definition) is 0. The molecular formula is C12H28N2O4. The van der Waals surface area contributed by atoms with Crippen molar-refractivity contribution in [1.29, 1.82) is 0 Å². The zero-order valence-electron chi connectivity index (χ0n) is 12.9. The molecule has 0 amide bonds. The summed E-state index contributed by atoms with van der Waals surface area (Å²) in [6, 6.07) is 0. The monoisotopic (exact) mass is 264 g/mol. The van der Waals surface area contributed by atoms with E-state index in [0.29, 0.717) is 0 Å². The Morgan fingerprint density at radius 3 is 0.889 bits per heavy atom. The fraction of sp³-hybridized carbons (Fsp3) is 0.833. The van der Waals surface area contributed by atoms with Gasteiger partial charge in [-0.1, -0.05) is 0 Å². The Kier molecular flexibility index (Phi) is 12.1. The molecule has 0 aliphatic carbocycles. The van der Waals surface area contributed by atoms with E-state index in [4.69, 9.17) is 19.8 Å². The van der Waals surface area contributed by atoms with Crippen LogP contribution in [0.5, 0.6) is 0 Å². The third-order valence-electron chi connectivity index (χ3n) is 1.44. The lowest BCUT2D eigenvalue weighted by Gasteiger charge is -2.30. The molecule has 0 spiro atoms. The highest BCUT2D eigenvalue weighted by molar-refractivity contribution is 5.60. The average Bonchev–Trinajstić information content (AvgIpc) is 1.95. The van der Waals surface area contributed by atoms with Crippen LogP contribution in [-0.4, -0.2) is 76.3 Å². The maximum Gasteiger partial charge on any atom is 0.128 e. The molecule has 0 bridgehead atoms. The number of quaternary nitrogens is 2. The van der Waals surface area contributed by atoms with Gasteiger partial charge in [-0.05, 0) is 13.8 Å². The van der Waals surface area contributed by atoms with Gasteiger partial charge in [0, 0.05) is 11.9 Å². The first-order chi connectivity index (χ1) is 7.67. The van der Waals surface area contributed by atoms with Crippen LogP contribution in [-0.2, 0) is 9.59 Å². The predicted molar refractivity (Wildman–Crippen MR) is 67.2 cm³/mol. The number of hydrogen-bond acceptors (Lipinski definition) is 4. The summed E-state index contributed by atoms with van der Waals surface area (Å²) >= 11 is 0. The Labute approximate surface area is 111 Å². The number of likely N-dealkylation sites (N-methyl/N-ethyl adjacent to an activating group) is 2. The zero-order chi connectivity index (χ0) is 15.6. The molecule has 0 aromatic carbocycles. The molecule has 0 radical (unpaired) electrons. The predicted octanol–water partition coefficient (Wildman–Crippen LogP) is -2.09. The van der Waals surface area contributed by atoms with Crippen LogP contribution in [0.2, 0.25) is 0 Å². The molecule has 0 N–H and O–H groups in total. The largest absolute Gasteiger partial charge is 0.550 e. The summed E-state index contributed by atoms with van der Waals surface area (Å²) in [6.07, 6.45) is 0. The third-order valence-corrected chi connectivity index (χ3v) is 1.44. The fourth-order valence-corrected chi connectivity index (χ4v) is 0.600. The standard InChI is InChI=1S/C8H22N2.2C2H4O2/c1-9(2,3)7-8-10(4,5)6;2*1-2(3)4/h7-8H2,1-6H3;2*1H3,(H,3,4)/q+2;;/p-2. The molecule has 0 fully saturated rings. The highest BCUT2D eigenvalue weighted by Crippen LogP contribution is 1.94. The lowest BCUT2D eigenvalue weighted by molar-refractivity contribution is -0.927. The van der Waals surface area contributed by atoms with Crippen molar-refractivity contribution in [3.8, 4) is 0 Å². The van der Waals surface area contributed by atoms with Crippen molar-refractivity contribution in [3.63, 3.8) is 0 Å². The quantitative estimate of drug-likeness (QED) is 0.548. The van der Waals surface area contributed by atoms with E-state index in [-0.39, 0.29) is 0 Å². The molecule has 110 valence electrons. The molecule has 0 heterocycles. The first kappa shape index (κ1) is 22.1. The van der Waals surface area contributed by atoms with Crippen molar-refractivity contribution >= 4 is 11.9 Å². The summed E-state index contributed by atoms with van der Waals surface area (Å²) in [5, 5.41) is 17.8.